The lowest BCUT2D eigenvalue weighted by Gasteiger charge is -2.37. The van der Waals surface area contributed by atoms with Crippen molar-refractivity contribution in [2.45, 2.75) is 57.0 Å². The first kappa shape index (κ1) is 25.6. The summed E-state index contributed by atoms with van der Waals surface area (Å²) >= 11 is 0. The predicted octanol–water partition coefficient (Wildman–Crippen LogP) is 3.67. The van der Waals surface area contributed by atoms with Gasteiger partial charge in [-0.25, -0.2) is 12.7 Å². The van der Waals surface area contributed by atoms with Crippen molar-refractivity contribution in [3.63, 3.8) is 0 Å². The number of piperidine rings is 1. The molecule has 9 heteroatoms. The number of primary amides is 1. The molecule has 1 saturated heterocycles. The minimum Gasteiger partial charge on any atom is -0.366 e. The smallest absolute Gasteiger partial charge is 0.250 e. The second-order valence-corrected chi connectivity index (χ2v) is 12.6. The number of hydrogen-bond donors (Lipinski definition) is 3. The molecular formula is C28H34N4O4S. The summed E-state index contributed by atoms with van der Waals surface area (Å²) in [5, 5.41) is 4.34. The van der Waals surface area contributed by atoms with Crippen LogP contribution in [0.1, 0.15) is 66.4 Å². The molecule has 2 aromatic carbocycles. The van der Waals surface area contributed by atoms with Gasteiger partial charge in [-0.2, -0.15) is 0 Å². The topological polar surface area (TPSA) is 125 Å². The highest BCUT2D eigenvalue weighted by Gasteiger charge is 2.36. The van der Waals surface area contributed by atoms with Gasteiger partial charge in [0.15, 0.2) is 0 Å². The predicted molar refractivity (Wildman–Crippen MR) is 145 cm³/mol. The van der Waals surface area contributed by atoms with E-state index in [9.17, 15) is 18.0 Å². The van der Waals surface area contributed by atoms with Crippen molar-refractivity contribution in [3.05, 3.63) is 59.3 Å². The first-order chi connectivity index (χ1) is 17.7. The van der Waals surface area contributed by atoms with E-state index in [2.05, 4.69) is 16.4 Å². The number of hydrogen-bond acceptors (Lipinski definition) is 5. The van der Waals surface area contributed by atoms with E-state index in [-0.39, 0.29) is 17.2 Å². The first-order valence-electron chi connectivity index (χ1n) is 13.0. The molecule has 3 aromatic rings. The number of sulfonamides is 1. The maximum absolute atomic E-state index is 12.4. The van der Waals surface area contributed by atoms with Crippen LogP contribution in [0.4, 0.5) is 0 Å². The molecule has 0 atom stereocenters. The Morgan fingerprint density at radius 3 is 2.43 bits per heavy atom. The highest BCUT2D eigenvalue weighted by atomic mass is 32.2. The SMILES string of the molecule is CCS(=O)(=O)N1CCC(c2c[nH]c3c(C(N)=O)cc(-c4ccc(CNC5(C=O)CCC5)cc4)cc23)CC1. The molecule has 5 rings (SSSR count). The number of amides is 1. The zero-order chi connectivity index (χ0) is 26.2. The summed E-state index contributed by atoms with van der Waals surface area (Å²) in [6, 6.07) is 12.0. The van der Waals surface area contributed by atoms with Crippen molar-refractivity contribution >= 4 is 33.1 Å². The van der Waals surface area contributed by atoms with Gasteiger partial charge in [-0.3, -0.25) is 4.79 Å². The van der Waals surface area contributed by atoms with Crippen LogP contribution in [-0.2, 0) is 21.4 Å². The van der Waals surface area contributed by atoms with Crippen LogP contribution in [0.2, 0.25) is 0 Å². The van der Waals surface area contributed by atoms with Crippen molar-refractivity contribution in [1.82, 2.24) is 14.6 Å². The molecule has 1 aliphatic heterocycles. The van der Waals surface area contributed by atoms with Crippen LogP contribution in [0.15, 0.2) is 42.6 Å². The molecule has 2 aliphatic rings. The maximum atomic E-state index is 12.4. The monoisotopic (exact) mass is 522 g/mol. The lowest BCUT2D eigenvalue weighted by molar-refractivity contribution is -0.116. The molecule has 0 radical (unpaired) electrons. The van der Waals surface area contributed by atoms with Gasteiger partial charge in [0.05, 0.1) is 22.4 Å². The van der Waals surface area contributed by atoms with Gasteiger partial charge >= 0.3 is 0 Å². The van der Waals surface area contributed by atoms with E-state index in [1.807, 2.05) is 36.5 Å². The number of rotatable bonds is 9. The molecule has 1 amide bonds. The number of aldehydes is 1. The third-order valence-electron chi connectivity index (χ3n) is 8.14. The van der Waals surface area contributed by atoms with Crippen molar-refractivity contribution in [3.8, 4) is 11.1 Å². The Kier molecular flexibility index (Phi) is 6.95. The first-order valence-corrected chi connectivity index (χ1v) is 14.6. The number of carbonyl (C=O) groups excluding carboxylic acids is 2. The summed E-state index contributed by atoms with van der Waals surface area (Å²) in [4.78, 5) is 27.0. The lowest BCUT2D eigenvalue weighted by atomic mass is 9.78. The van der Waals surface area contributed by atoms with E-state index < -0.39 is 15.9 Å². The Morgan fingerprint density at radius 1 is 1.16 bits per heavy atom. The van der Waals surface area contributed by atoms with Gasteiger partial charge in [0.2, 0.25) is 10.0 Å². The van der Waals surface area contributed by atoms with E-state index in [1.165, 1.54) is 0 Å². The second kappa shape index (κ2) is 10.0. The number of H-pyrrole nitrogens is 1. The number of aromatic amines is 1. The standard InChI is InChI=1S/C28H34N4O4S/c1-2-37(35,36)32-12-8-21(9-13-32)25-17-30-26-23(25)14-22(15-24(26)27(29)34)20-6-4-19(5-7-20)16-31-28(18-33)10-3-11-28/h4-7,14-15,17-18,21,30-31H,2-3,8-13,16H2,1H3,(H2,29,34). The fourth-order valence-corrected chi connectivity index (χ4v) is 6.70. The summed E-state index contributed by atoms with van der Waals surface area (Å²) in [6.45, 7) is 3.29. The molecular weight excluding hydrogens is 488 g/mol. The minimum absolute atomic E-state index is 0.114. The van der Waals surface area contributed by atoms with Crippen molar-refractivity contribution in [1.29, 1.82) is 0 Å². The zero-order valence-electron chi connectivity index (χ0n) is 21.1. The molecule has 8 nitrogen and oxygen atoms in total. The summed E-state index contributed by atoms with van der Waals surface area (Å²) in [7, 11) is -3.19. The molecule has 37 heavy (non-hydrogen) atoms. The number of carbonyl (C=O) groups is 2. The van der Waals surface area contributed by atoms with Crippen LogP contribution in [-0.4, -0.2) is 54.3 Å². The molecule has 196 valence electrons. The van der Waals surface area contributed by atoms with E-state index in [0.717, 1.165) is 71.5 Å². The van der Waals surface area contributed by atoms with Crippen LogP contribution in [0.5, 0.6) is 0 Å². The van der Waals surface area contributed by atoms with E-state index in [1.54, 1.807) is 11.2 Å². The average molecular weight is 523 g/mol. The van der Waals surface area contributed by atoms with Gasteiger partial charge in [0.25, 0.3) is 5.91 Å². The molecule has 0 bridgehead atoms. The van der Waals surface area contributed by atoms with E-state index in [0.29, 0.717) is 25.2 Å². The van der Waals surface area contributed by atoms with Crippen LogP contribution >= 0.6 is 0 Å². The summed E-state index contributed by atoms with van der Waals surface area (Å²) in [5.41, 5.74) is 10.6. The van der Waals surface area contributed by atoms with Crippen LogP contribution in [0.3, 0.4) is 0 Å². The van der Waals surface area contributed by atoms with Gasteiger partial charge in [-0.05, 0) is 79.3 Å². The molecule has 2 heterocycles. The van der Waals surface area contributed by atoms with E-state index in [4.69, 9.17) is 5.73 Å². The largest absolute Gasteiger partial charge is 0.366 e. The second-order valence-electron chi connectivity index (χ2n) is 10.3. The fourth-order valence-electron chi connectivity index (χ4n) is 5.57. The Hall–Kier alpha value is -3.01. The molecule has 1 aliphatic carbocycles. The molecule has 1 aromatic heterocycles. The minimum atomic E-state index is -3.19. The van der Waals surface area contributed by atoms with Gasteiger partial charge in [0.1, 0.15) is 6.29 Å². The number of fused-ring (bicyclic) bond motifs is 1. The number of nitrogens with zero attached hydrogens (tertiary/aromatic N) is 1. The van der Waals surface area contributed by atoms with Crippen LogP contribution in [0, 0.1) is 0 Å². The third kappa shape index (κ3) is 4.95. The quantitative estimate of drug-likeness (QED) is 0.370. The van der Waals surface area contributed by atoms with E-state index >= 15 is 0 Å². The highest BCUT2D eigenvalue weighted by molar-refractivity contribution is 7.89. The molecule has 0 spiro atoms. The molecule has 4 N–H and O–H groups in total. The number of benzene rings is 2. The van der Waals surface area contributed by atoms with Crippen LogP contribution in [0.25, 0.3) is 22.0 Å². The normalized spacial score (nSPS) is 18.5. The molecule has 2 fully saturated rings. The summed E-state index contributed by atoms with van der Waals surface area (Å²) in [5.74, 6) is -0.189. The average Bonchev–Trinajstić information content (AvgIpc) is 3.32. The Labute approximate surface area is 217 Å². The summed E-state index contributed by atoms with van der Waals surface area (Å²) in [6.07, 6.45) is 7.28. The van der Waals surface area contributed by atoms with Crippen molar-refractivity contribution in [2.75, 3.05) is 18.8 Å². The molecule has 0 unspecified atom stereocenters. The number of nitrogens with one attached hydrogen (secondary N) is 2. The van der Waals surface area contributed by atoms with Gasteiger partial charge in [-0.15, -0.1) is 0 Å². The highest BCUT2D eigenvalue weighted by Crippen LogP contribution is 2.37. The Bertz CT molecular complexity index is 1420. The van der Waals surface area contributed by atoms with Crippen LogP contribution < -0.4 is 11.1 Å². The zero-order valence-corrected chi connectivity index (χ0v) is 21.9. The number of nitrogens with two attached hydrogens (primary N) is 1. The van der Waals surface area contributed by atoms with Crippen molar-refractivity contribution < 1.29 is 18.0 Å². The third-order valence-corrected chi connectivity index (χ3v) is 10.0. The van der Waals surface area contributed by atoms with Gasteiger partial charge in [-0.1, -0.05) is 24.3 Å². The van der Waals surface area contributed by atoms with Gasteiger partial charge in [0, 0.05) is 31.2 Å². The lowest BCUT2D eigenvalue weighted by Crippen LogP contribution is -2.51. The number of aromatic nitrogens is 1. The summed E-state index contributed by atoms with van der Waals surface area (Å²) < 4.78 is 26.1. The van der Waals surface area contributed by atoms with Crippen molar-refractivity contribution in [2.24, 2.45) is 5.73 Å². The molecule has 1 saturated carbocycles. The Morgan fingerprint density at radius 2 is 1.86 bits per heavy atom. The van der Waals surface area contributed by atoms with Gasteiger partial charge < -0.3 is 20.8 Å². The Balaban J connectivity index is 1.41. The fraction of sp³-hybridized carbons (Fsp3) is 0.429. The maximum Gasteiger partial charge on any atom is 0.250 e.